The van der Waals surface area contributed by atoms with Crippen molar-refractivity contribution < 1.29 is 22.0 Å². The second kappa shape index (κ2) is 4.10. The van der Waals surface area contributed by atoms with Crippen LogP contribution in [-0.2, 0) is 0 Å². The molecule has 0 fully saturated rings. The topological polar surface area (TPSA) is 12.9 Å². The van der Waals surface area contributed by atoms with Gasteiger partial charge >= 0.3 is 0 Å². The van der Waals surface area contributed by atoms with E-state index in [1.807, 2.05) is 0 Å². The maximum atomic E-state index is 13.3. The Bertz CT molecular complexity index is 599. The van der Waals surface area contributed by atoms with Gasteiger partial charge in [0.25, 0.3) is 6.43 Å². The van der Waals surface area contributed by atoms with E-state index in [2.05, 4.69) is 4.98 Å². The fourth-order valence-electron chi connectivity index (χ4n) is 1.36. The highest BCUT2D eigenvalue weighted by Gasteiger charge is 2.19. The van der Waals surface area contributed by atoms with Crippen molar-refractivity contribution in [3.8, 4) is 0 Å². The number of aromatic nitrogens is 1. The van der Waals surface area contributed by atoms with Gasteiger partial charge in [-0.05, 0) is 12.1 Å². The van der Waals surface area contributed by atoms with Crippen molar-refractivity contribution >= 4 is 22.5 Å². The minimum absolute atomic E-state index is 0.257. The number of rotatable bonds is 1. The molecule has 0 aliphatic rings. The average Bonchev–Trinajstić information content (AvgIpc) is 2.27. The summed E-state index contributed by atoms with van der Waals surface area (Å²) in [6, 6.07) is 1.39. The first kappa shape index (κ1) is 12.0. The van der Waals surface area contributed by atoms with Gasteiger partial charge in [0, 0.05) is 5.39 Å². The van der Waals surface area contributed by atoms with E-state index >= 15 is 0 Å². The van der Waals surface area contributed by atoms with E-state index in [4.69, 9.17) is 11.6 Å². The third kappa shape index (κ3) is 1.93. The fraction of sp³-hybridized carbons (Fsp3) is 0.100. The summed E-state index contributed by atoms with van der Waals surface area (Å²) < 4.78 is 63.9. The number of nitrogens with zero attached hydrogens (tertiary/aromatic N) is 1. The van der Waals surface area contributed by atoms with Gasteiger partial charge in [0.15, 0.2) is 17.5 Å². The number of pyridine rings is 1. The lowest BCUT2D eigenvalue weighted by molar-refractivity contribution is 0.146. The fourth-order valence-corrected chi connectivity index (χ4v) is 1.61. The highest BCUT2D eigenvalue weighted by atomic mass is 35.5. The van der Waals surface area contributed by atoms with Crippen LogP contribution in [0.4, 0.5) is 22.0 Å². The zero-order valence-corrected chi connectivity index (χ0v) is 8.70. The number of halogens is 6. The van der Waals surface area contributed by atoms with Crippen LogP contribution in [0.3, 0.4) is 0 Å². The predicted octanol–water partition coefficient (Wildman–Crippen LogP) is 4.24. The zero-order valence-electron chi connectivity index (χ0n) is 7.95. The van der Waals surface area contributed by atoms with Crippen molar-refractivity contribution in [2.45, 2.75) is 6.43 Å². The van der Waals surface area contributed by atoms with Crippen molar-refractivity contribution in [3.63, 3.8) is 0 Å². The molecule has 0 spiro atoms. The Hall–Kier alpha value is -1.43. The summed E-state index contributed by atoms with van der Waals surface area (Å²) in [5.74, 6) is -4.86. The van der Waals surface area contributed by atoms with Gasteiger partial charge in [-0.25, -0.2) is 26.9 Å². The molecule has 0 radical (unpaired) electrons. The molecule has 1 nitrogen and oxygen atoms in total. The summed E-state index contributed by atoms with van der Waals surface area (Å²) in [4.78, 5) is 3.22. The Morgan fingerprint density at radius 3 is 2.29 bits per heavy atom. The Balaban J connectivity index is 2.88. The van der Waals surface area contributed by atoms with Crippen LogP contribution in [0.1, 0.15) is 12.1 Å². The molecule has 90 valence electrons. The van der Waals surface area contributed by atoms with Gasteiger partial charge in [-0.2, -0.15) is 0 Å². The van der Waals surface area contributed by atoms with E-state index < -0.39 is 35.1 Å². The Kier molecular flexibility index (Phi) is 2.91. The summed E-state index contributed by atoms with van der Waals surface area (Å²) in [5.41, 5.74) is -1.51. The van der Waals surface area contributed by atoms with E-state index in [1.165, 1.54) is 0 Å². The van der Waals surface area contributed by atoms with Crippen LogP contribution in [0, 0.1) is 17.5 Å². The second-order valence-corrected chi connectivity index (χ2v) is 3.62. The Morgan fingerprint density at radius 2 is 1.71 bits per heavy atom. The lowest BCUT2D eigenvalue weighted by Crippen LogP contribution is -1.98. The third-order valence-electron chi connectivity index (χ3n) is 2.13. The van der Waals surface area contributed by atoms with Crippen LogP contribution >= 0.6 is 11.6 Å². The lowest BCUT2D eigenvalue weighted by Gasteiger charge is -2.06. The molecule has 0 saturated heterocycles. The predicted molar refractivity (Wildman–Crippen MR) is 51.6 cm³/mol. The zero-order chi connectivity index (χ0) is 12.7. The molecule has 1 aromatic heterocycles. The normalized spacial score (nSPS) is 11.5. The van der Waals surface area contributed by atoms with Gasteiger partial charge in [-0.3, -0.25) is 0 Å². The van der Waals surface area contributed by atoms with E-state index in [9.17, 15) is 22.0 Å². The van der Waals surface area contributed by atoms with Crippen molar-refractivity contribution in [1.82, 2.24) is 4.98 Å². The Labute approximate surface area is 96.8 Å². The van der Waals surface area contributed by atoms with Gasteiger partial charge in [-0.15, -0.1) is 0 Å². The van der Waals surface area contributed by atoms with Gasteiger partial charge in [0.2, 0.25) is 0 Å². The molecule has 0 amide bonds. The van der Waals surface area contributed by atoms with Crippen molar-refractivity contribution in [1.29, 1.82) is 0 Å². The molecular weight excluding hydrogens is 265 g/mol. The van der Waals surface area contributed by atoms with E-state index in [1.54, 1.807) is 0 Å². The highest BCUT2D eigenvalue weighted by molar-refractivity contribution is 6.35. The largest absolute Gasteiger partial charge is 0.280 e. The first-order chi connectivity index (χ1) is 7.91. The van der Waals surface area contributed by atoms with Crippen molar-refractivity contribution in [2.75, 3.05) is 0 Å². The Morgan fingerprint density at radius 1 is 1.06 bits per heavy atom. The second-order valence-electron chi connectivity index (χ2n) is 3.21. The lowest BCUT2D eigenvalue weighted by atomic mass is 10.2. The molecule has 0 aliphatic carbocycles. The SMILES string of the molecule is Fc1cc2c(Cl)cc(C(F)F)nc2c(F)c1F. The van der Waals surface area contributed by atoms with E-state index in [0.29, 0.717) is 6.07 Å². The summed E-state index contributed by atoms with van der Waals surface area (Å²) in [5, 5.41) is -0.574. The molecule has 0 unspecified atom stereocenters. The van der Waals surface area contributed by atoms with Gasteiger partial charge < -0.3 is 0 Å². The summed E-state index contributed by atoms with van der Waals surface area (Å²) in [6.07, 6.45) is -2.98. The van der Waals surface area contributed by atoms with Gasteiger partial charge in [-0.1, -0.05) is 11.6 Å². The molecule has 2 rings (SSSR count). The molecule has 1 heterocycles. The van der Waals surface area contributed by atoms with Crippen LogP contribution < -0.4 is 0 Å². The quantitative estimate of drug-likeness (QED) is 0.556. The smallest absolute Gasteiger partial charge is 0.243 e. The standard InChI is InChI=1S/C10H3ClF5N/c11-4-2-6(10(15)16)17-9-3(4)1-5(12)7(13)8(9)14/h1-2,10H. The first-order valence-electron chi connectivity index (χ1n) is 4.33. The molecular formula is C10H3ClF5N. The average molecular weight is 268 g/mol. The number of fused-ring (bicyclic) bond motifs is 1. The molecule has 0 bridgehead atoms. The number of hydrogen-bond donors (Lipinski definition) is 0. The molecule has 0 N–H and O–H groups in total. The maximum Gasteiger partial charge on any atom is 0.280 e. The van der Waals surface area contributed by atoms with Crippen molar-refractivity contribution in [3.05, 3.63) is 40.3 Å². The molecule has 0 saturated carbocycles. The summed E-state index contributed by atoms with van der Waals surface area (Å²) >= 11 is 5.57. The molecule has 17 heavy (non-hydrogen) atoms. The number of hydrogen-bond acceptors (Lipinski definition) is 1. The molecule has 2 aromatic rings. The number of alkyl halides is 2. The minimum Gasteiger partial charge on any atom is -0.243 e. The van der Waals surface area contributed by atoms with Gasteiger partial charge in [0.05, 0.1) is 5.02 Å². The summed E-state index contributed by atoms with van der Waals surface area (Å²) in [6.45, 7) is 0. The van der Waals surface area contributed by atoms with Crippen LogP contribution in [-0.4, -0.2) is 4.98 Å². The third-order valence-corrected chi connectivity index (χ3v) is 2.45. The van der Waals surface area contributed by atoms with Crippen LogP contribution in [0.2, 0.25) is 5.02 Å². The van der Waals surface area contributed by atoms with Gasteiger partial charge in [0.1, 0.15) is 11.2 Å². The minimum atomic E-state index is -2.98. The van der Waals surface area contributed by atoms with Crippen LogP contribution in [0.15, 0.2) is 12.1 Å². The van der Waals surface area contributed by atoms with E-state index in [0.717, 1.165) is 6.07 Å². The van der Waals surface area contributed by atoms with Crippen LogP contribution in [0.25, 0.3) is 10.9 Å². The molecule has 0 atom stereocenters. The van der Waals surface area contributed by atoms with E-state index in [-0.39, 0.29) is 10.4 Å². The number of benzene rings is 1. The highest BCUT2D eigenvalue weighted by Crippen LogP contribution is 2.30. The van der Waals surface area contributed by atoms with Crippen molar-refractivity contribution in [2.24, 2.45) is 0 Å². The molecule has 7 heteroatoms. The molecule has 1 aromatic carbocycles. The maximum absolute atomic E-state index is 13.3. The first-order valence-corrected chi connectivity index (χ1v) is 4.71. The molecule has 0 aliphatic heterocycles. The summed E-state index contributed by atoms with van der Waals surface area (Å²) in [7, 11) is 0. The van der Waals surface area contributed by atoms with Crippen LogP contribution in [0.5, 0.6) is 0 Å². The monoisotopic (exact) mass is 267 g/mol.